The molecule has 0 unspecified atom stereocenters. The number of nitrogens with one attached hydrogen (secondary N) is 1. The van der Waals surface area contributed by atoms with E-state index in [9.17, 15) is 4.79 Å². The summed E-state index contributed by atoms with van der Waals surface area (Å²) in [5.41, 5.74) is 7.13. The fourth-order valence-corrected chi connectivity index (χ4v) is 2.03. The number of carbonyl (C=O) groups is 1. The van der Waals surface area contributed by atoms with Crippen LogP contribution in [-0.4, -0.2) is 16.9 Å². The summed E-state index contributed by atoms with van der Waals surface area (Å²) in [6, 6.07) is 11.4. The van der Waals surface area contributed by atoms with Gasteiger partial charge in [0.25, 0.3) is 0 Å². The first-order valence-electron chi connectivity index (χ1n) is 5.61. The summed E-state index contributed by atoms with van der Waals surface area (Å²) >= 11 is 0. The number of fused-ring (bicyclic) bond motifs is 1. The molecule has 4 heteroatoms. The third-order valence-corrected chi connectivity index (χ3v) is 2.77. The van der Waals surface area contributed by atoms with E-state index in [2.05, 4.69) is 0 Å². The number of aliphatic carboxylic acids is 1. The molecule has 0 heterocycles. The van der Waals surface area contributed by atoms with Crippen molar-refractivity contribution in [2.75, 3.05) is 0 Å². The first-order valence-corrected chi connectivity index (χ1v) is 5.61. The predicted octanol–water partition coefficient (Wildman–Crippen LogP) is 1.95. The van der Waals surface area contributed by atoms with Gasteiger partial charge in [0.1, 0.15) is 0 Å². The van der Waals surface area contributed by atoms with E-state index in [0.29, 0.717) is 6.42 Å². The average Bonchev–Trinajstić information content (AvgIpc) is 2.28. The summed E-state index contributed by atoms with van der Waals surface area (Å²) in [6.07, 6.45) is 0.387. The van der Waals surface area contributed by atoms with Crippen LogP contribution in [-0.2, 0) is 17.6 Å². The van der Waals surface area contributed by atoms with Gasteiger partial charge < -0.3 is 10.8 Å². The minimum atomic E-state index is -0.849. The lowest BCUT2D eigenvalue weighted by Gasteiger charge is -2.07. The van der Waals surface area contributed by atoms with Gasteiger partial charge in [-0.05, 0) is 21.9 Å². The molecule has 0 saturated carbocycles. The van der Waals surface area contributed by atoms with Crippen LogP contribution in [0.1, 0.15) is 11.1 Å². The van der Waals surface area contributed by atoms with E-state index in [-0.39, 0.29) is 12.3 Å². The molecule has 18 heavy (non-hydrogen) atoms. The number of benzene rings is 2. The summed E-state index contributed by atoms with van der Waals surface area (Å²) in [4.78, 5) is 10.7. The van der Waals surface area contributed by atoms with Gasteiger partial charge in [-0.15, -0.1) is 0 Å². The number of amidine groups is 1. The van der Waals surface area contributed by atoms with Crippen LogP contribution in [0, 0.1) is 5.41 Å². The predicted molar refractivity (Wildman–Crippen MR) is 70.9 cm³/mol. The van der Waals surface area contributed by atoms with Gasteiger partial charge in [-0.2, -0.15) is 0 Å². The van der Waals surface area contributed by atoms with Crippen LogP contribution >= 0.6 is 0 Å². The molecule has 0 bridgehead atoms. The highest BCUT2D eigenvalue weighted by Gasteiger charge is 2.05. The van der Waals surface area contributed by atoms with Crippen LogP contribution in [0.3, 0.4) is 0 Å². The first-order chi connectivity index (χ1) is 8.56. The summed E-state index contributed by atoms with van der Waals surface area (Å²) in [6.45, 7) is 0. The normalized spacial score (nSPS) is 10.4. The Kier molecular flexibility index (Phi) is 3.28. The first kappa shape index (κ1) is 12.1. The van der Waals surface area contributed by atoms with Crippen molar-refractivity contribution in [1.29, 1.82) is 5.41 Å². The molecule has 2 aromatic rings. The Labute approximate surface area is 105 Å². The van der Waals surface area contributed by atoms with Crippen molar-refractivity contribution in [2.24, 2.45) is 5.73 Å². The smallest absolute Gasteiger partial charge is 0.307 e. The van der Waals surface area contributed by atoms with Crippen molar-refractivity contribution in [1.82, 2.24) is 0 Å². The van der Waals surface area contributed by atoms with E-state index in [1.54, 1.807) is 0 Å². The average molecular weight is 242 g/mol. The molecule has 4 nitrogen and oxygen atoms in total. The molecular formula is C14H14N2O2. The lowest BCUT2D eigenvalue weighted by atomic mass is 9.99. The van der Waals surface area contributed by atoms with E-state index in [1.165, 1.54) is 0 Å². The molecule has 0 saturated heterocycles. The summed E-state index contributed by atoms with van der Waals surface area (Å²) in [5.74, 6) is -0.746. The molecule has 0 aliphatic carbocycles. The lowest BCUT2D eigenvalue weighted by Crippen LogP contribution is -2.12. The van der Waals surface area contributed by atoms with Crippen molar-refractivity contribution in [3.05, 3.63) is 47.5 Å². The zero-order chi connectivity index (χ0) is 13.1. The van der Waals surface area contributed by atoms with E-state index in [4.69, 9.17) is 16.2 Å². The Morgan fingerprint density at radius 1 is 1.22 bits per heavy atom. The Hall–Kier alpha value is -2.36. The van der Waals surface area contributed by atoms with Gasteiger partial charge in [0.05, 0.1) is 12.3 Å². The van der Waals surface area contributed by atoms with Gasteiger partial charge in [-0.3, -0.25) is 10.2 Å². The Balaban J connectivity index is 2.51. The number of hydrogen-bond acceptors (Lipinski definition) is 2. The van der Waals surface area contributed by atoms with Crippen molar-refractivity contribution in [3.63, 3.8) is 0 Å². The Morgan fingerprint density at radius 2 is 2.00 bits per heavy atom. The quantitative estimate of drug-likeness (QED) is 0.565. The number of rotatable bonds is 4. The van der Waals surface area contributed by atoms with Crippen molar-refractivity contribution in [2.45, 2.75) is 12.8 Å². The maximum Gasteiger partial charge on any atom is 0.307 e. The summed E-state index contributed by atoms with van der Waals surface area (Å²) in [5, 5.41) is 18.2. The largest absolute Gasteiger partial charge is 0.481 e. The lowest BCUT2D eigenvalue weighted by molar-refractivity contribution is -0.136. The van der Waals surface area contributed by atoms with E-state index < -0.39 is 5.97 Å². The number of hydrogen-bond donors (Lipinski definition) is 3. The Bertz CT molecular complexity index is 620. The molecule has 0 aromatic heterocycles. The van der Waals surface area contributed by atoms with Gasteiger partial charge in [-0.25, -0.2) is 0 Å². The second kappa shape index (κ2) is 4.87. The molecule has 2 aromatic carbocycles. The molecule has 0 aliphatic rings. The number of carboxylic acid groups (broad SMARTS) is 1. The van der Waals surface area contributed by atoms with Gasteiger partial charge in [0.15, 0.2) is 0 Å². The highest BCUT2D eigenvalue weighted by atomic mass is 16.4. The molecule has 4 N–H and O–H groups in total. The molecule has 0 fully saturated rings. The van der Waals surface area contributed by atoms with Gasteiger partial charge in [-0.1, -0.05) is 36.4 Å². The van der Waals surface area contributed by atoms with Crippen LogP contribution in [0.2, 0.25) is 0 Å². The molecule has 0 spiro atoms. The highest BCUT2D eigenvalue weighted by Crippen LogP contribution is 2.21. The second-order valence-corrected chi connectivity index (χ2v) is 4.25. The van der Waals surface area contributed by atoms with Crippen LogP contribution < -0.4 is 5.73 Å². The van der Waals surface area contributed by atoms with Crippen LogP contribution in [0.4, 0.5) is 0 Å². The van der Waals surface area contributed by atoms with Gasteiger partial charge in [0, 0.05) is 6.42 Å². The monoisotopic (exact) mass is 242 g/mol. The SMILES string of the molecule is N=C(N)Cc1cccc2ccc(CC(=O)O)cc12. The molecule has 92 valence electrons. The zero-order valence-electron chi connectivity index (χ0n) is 9.81. The fraction of sp³-hybridized carbons (Fsp3) is 0.143. The van der Waals surface area contributed by atoms with E-state index in [0.717, 1.165) is 21.9 Å². The third kappa shape index (κ3) is 2.66. The molecule has 0 radical (unpaired) electrons. The van der Waals surface area contributed by atoms with Gasteiger partial charge in [0.2, 0.25) is 0 Å². The van der Waals surface area contributed by atoms with Crippen LogP contribution in [0.15, 0.2) is 36.4 Å². The zero-order valence-corrected chi connectivity index (χ0v) is 9.81. The highest BCUT2D eigenvalue weighted by molar-refractivity contribution is 5.91. The Morgan fingerprint density at radius 3 is 2.67 bits per heavy atom. The second-order valence-electron chi connectivity index (χ2n) is 4.25. The van der Waals surface area contributed by atoms with Crippen molar-refractivity contribution < 1.29 is 9.90 Å². The molecular weight excluding hydrogens is 228 g/mol. The standard InChI is InChI=1S/C14H14N2O2/c15-13(16)8-11-3-1-2-10-5-4-9(6-12(10)11)7-14(17)18/h1-6H,7-8H2,(H3,15,16)(H,17,18). The number of nitrogens with two attached hydrogens (primary N) is 1. The topological polar surface area (TPSA) is 87.2 Å². The molecule has 2 rings (SSSR count). The van der Waals surface area contributed by atoms with Crippen LogP contribution in [0.5, 0.6) is 0 Å². The fourth-order valence-electron chi connectivity index (χ4n) is 2.03. The third-order valence-electron chi connectivity index (χ3n) is 2.77. The molecule has 0 amide bonds. The minimum Gasteiger partial charge on any atom is -0.481 e. The molecule has 0 atom stereocenters. The summed E-state index contributed by atoms with van der Waals surface area (Å²) < 4.78 is 0. The maximum atomic E-state index is 10.7. The maximum absolute atomic E-state index is 10.7. The summed E-state index contributed by atoms with van der Waals surface area (Å²) in [7, 11) is 0. The van der Waals surface area contributed by atoms with Crippen LogP contribution in [0.25, 0.3) is 10.8 Å². The number of carboxylic acids is 1. The van der Waals surface area contributed by atoms with Crippen molar-refractivity contribution in [3.8, 4) is 0 Å². The van der Waals surface area contributed by atoms with E-state index in [1.807, 2.05) is 36.4 Å². The van der Waals surface area contributed by atoms with Crippen molar-refractivity contribution >= 4 is 22.6 Å². The molecule has 0 aliphatic heterocycles. The van der Waals surface area contributed by atoms with Gasteiger partial charge >= 0.3 is 5.97 Å². The van der Waals surface area contributed by atoms with E-state index >= 15 is 0 Å². The minimum absolute atomic E-state index is 0.00431.